The van der Waals surface area contributed by atoms with Crippen molar-refractivity contribution in [2.45, 2.75) is 39.3 Å². The smallest absolute Gasteiger partial charge is 0.251 e. The molecule has 0 saturated heterocycles. The van der Waals surface area contributed by atoms with E-state index in [1.54, 1.807) is 0 Å². The van der Waals surface area contributed by atoms with Crippen LogP contribution in [0.1, 0.15) is 42.6 Å². The molecule has 0 radical (unpaired) electrons. The average Bonchev–Trinajstić information content (AvgIpc) is 2.35. The Morgan fingerprint density at radius 3 is 2.25 bits per heavy atom. The van der Waals surface area contributed by atoms with Gasteiger partial charge >= 0.3 is 0 Å². The van der Waals surface area contributed by atoms with Gasteiger partial charge in [-0.15, -0.1) is 0 Å². The quantitative estimate of drug-likeness (QED) is 0.798. The Hall–Kier alpha value is -1.35. The van der Waals surface area contributed by atoms with Crippen molar-refractivity contribution in [1.82, 2.24) is 5.32 Å². The minimum Gasteiger partial charge on any atom is -0.349 e. The maximum absolute atomic E-state index is 11.8. The van der Waals surface area contributed by atoms with Gasteiger partial charge in [0.1, 0.15) is 0 Å². The molecule has 0 aliphatic heterocycles. The number of amides is 1. The summed E-state index contributed by atoms with van der Waals surface area (Å²) >= 11 is 0. The van der Waals surface area contributed by atoms with Gasteiger partial charge in [-0.25, -0.2) is 0 Å². The van der Waals surface area contributed by atoms with E-state index in [0.717, 1.165) is 18.4 Å². The van der Waals surface area contributed by atoms with Crippen molar-refractivity contribution in [2.24, 2.45) is 5.73 Å². The largest absolute Gasteiger partial charge is 0.349 e. The monoisotopic (exact) mass is 220 g/mol. The van der Waals surface area contributed by atoms with Crippen molar-refractivity contribution in [2.75, 3.05) is 0 Å². The molecule has 0 heterocycles. The van der Waals surface area contributed by atoms with Crippen molar-refractivity contribution in [1.29, 1.82) is 0 Å². The van der Waals surface area contributed by atoms with Gasteiger partial charge in [-0.2, -0.15) is 0 Å². The van der Waals surface area contributed by atoms with Crippen molar-refractivity contribution >= 4 is 5.91 Å². The highest BCUT2D eigenvalue weighted by Gasteiger charge is 2.09. The molecule has 3 heteroatoms. The number of rotatable bonds is 5. The molecule has 0 spiro atoms. The van der Waals surface area contributed by atoms with Gasteiger partial charge in [0.25, 0.3) is 5.91 Å². The normalized spacial score (nSPS) is 10.5. The third-order valence-corrected chi connectivity index (χ3v) is 2.77. The molecule has 1 amide bonds. The van der Waals surface area contributed by atoms with Crippen LogP contribution < -0.4 is 11.1 Å². The summed E-state index contributed by atoms with van der Waals surface area (Å²) < 4.78 is 0. The number of nitrogens with two attached hydrogens (primary N) is 1. The van der Waals surface area contributed by atoms with Crippen LogP contribution in [0.2, 0.25) is 0 Å². The van der Waals surface area contributed by atoms with Crippen molar-refractivity contribution in [3.8, 4) is 0 Å². The molecule has 0 atom stereocenters. The van der Waals surface area contributed by atoms with Crippen LogP contribution in [0, 0.1) is 0 Å². The lowest BCUT2D eigenvalue weighted by Gasteiger charge is -2.14. The molecule has 16 heavy (non-hydrogen) atoms. The fraction of sp³-hybridized carbons (Fsp3) is 0.462. The van der Waals surface area contributed by atoms with E-state index in [0.29, 0.717) is 12.1 Å². The average molecular weight is 220 g/mol. The van der Waals surface area contributed by atoms with Crippen LogP contribution in [-0.2, 0) is 6.54 Å². The second kappa shape index (κ2) is 6.28. The van der Waals surface area contributed by atoms with Gasteiger partial charge in [0.15, 0.2) is 0 Å². The lowest BCUT2D eigenvalue weighted by Crippen LogP contribution is -2.33. The molecule has 0 bridgehead atoms. The van der Waals surface area contributed by atoms with E-state index in [4.69, 9.17) is 5.73 Å². The molecule has 3 N–H and O–H groups in total. The van der Waals surface area contributed by atoms with E-state index >= 15 is 0 Å². The van der Waals surface area contributed by atoms with Gasteiger partial charge in [0, 0.05) is 18.2 Å². The number of carbonyl (C=O) groups excluding carboxylic acids is 1. The summed E-state index contributed by atoms with van der Waals surface area (Å²) in [6.45, 7) is 4.66. The Morgan fingerprint density at radius 2 is 1.81 bits per heavy atom. The maximum atomic E-state index is 11.8. The van der Waals surface area contributed by atoms with Gasteiger partial charge < -0.3 is 11.1 Å². The van der Waals surface area contributed by atoms with E-state index in [1.165, 1.54) is 0 Å². The van der Waals surface area contributed by atoms with Crippen molar-refractivity contribution < 1.29 is 4.79 Å². The lowest BCUT2D eigenvalue weighted by molar-refractivity contribution is 0.0935. The Labute approximate surface area is 97.0 Å². The van der Waals surface area contributed by atoms with Crippen molar-refractivity contribution in [3.05, 3.63) is 35.4 Å². The highest BCUT2D eigenvalue weighted by atomic mass is 16.1. The zero-order valence-corrected chi connectivity index (χ0v) is 9.99. The zero-order valence-electron chi connectivity index (χ0n) is 9.99. The Bertz CT molecular complexity index is 328. The number of carbonyl (C=O) groups is 1. The number of hydrogen-bond donors (Lipinski definition) is 2. The van der Waals surface area contributed by atoms with Gasteiger partial charge in [-0.1, -0.05) is 26.0 Å². The Morgan fingerprint density at radius 1 is 1.25 bits per heavy atom. The molecule has 0 aromatic heterocycles. The minimum atomic E-state index is -0.00253. The van der Waals surface area contributed by atoms with E-state index in [2.05, 4.69) is 19.2 Å². The molecule has 0 fully saturated rings. The van der Waals surface area contributed by atoms with Gasteiger partial charge in [0.05, 0.1) is 0 Å². The van der Waals surface area contributed by atoms with Crippen LogP contribution in [0.4, 0.5) is 0 Å². The third kappa shape index (κ3) is 3.35. The second-order valence-corrected chi connectivity index (χ2v) is 3.89. The summed E-state index contributed by atoms with van der Waals surface area (Å²) in [5.74, 6) is -0.00253. The fourth-order valence-electron chi connectivity index (χ4n) is 1.55. The van der Waals surface area contributed by atoms with E-state index in [9.17, 15) is 4.79 Å². The summed E-state index contributed by atoms with van der Waals surface area (Å²) in [5.41, 5.74) is 7.24. The minimum absolute atomic E-state index is 0.00253. The predicted molar refractivity (Wildman–Crippen MR) is 66.2 cm³/mol. The molecule has 1 aromatic carbocycles. The molecule has 3 nitrogen and oxygen atoms in total. The first-order chi connectivity index (χ1) is 7.71. The summed E-state index contributed by atoms with van der Waals surface area (Å²) in [6.07, 6.45) is 1.92. The van der Waals surface area contributed by atoms with Crippen LogP contribution in [0.15, 0.2) is 24.3 Å². The first-order valence-electron chi connectivity index (χ1n) is 5.81. The van der Waals surface area contributed by atoms with Gasteiger partial charge in [-0.05, 0) is 30.5 Å². The first kappa shape index (κ1) is 12.7. The molecular weight excluding hydrogens is 200 g/mol. The van der Waals surface area contributed by atoms with Gasteiger partial charge in [0.2, 0.25) is 0 Å². The number of benzene rings is 1. The molecule has 0 unspecified atom stereocenters. The number of nitrogens with one attached hydrogen (secondary N) is 1. The summed E-state index contributed by atoms with van der Waals surface area (Å²) in [4.78, 5) is 11.8. The second-order valence-electron chi connectivity index (χ2n) is 3.89. The van der Waals surface area contributed by atoms with Crippen LogP contribution in [0.5, 0.6) is 0 Å². The highest BCUT2D eigenvalue weighted by Crippen LogP contribution is 2.05. The van der Waals surface area contributed by atoms with Crippen LogP contribution in [0.25, 0.3) is 0 Å². The van der Waals surface area contributed by atoms with Crippen LogP contribution in [-0.4, -0.2) is 11.9 Å². The van der Waals surface area contributed by atoms with Crippen LogP contribution >= 0.6 is 0 Å². The maximum Gasteiger partial charge on any atom is 0.251 e. The summed E-state index contributed by atoms with van der Waals surface area (Å²) in [7, 11) is 0. The molecule has 0 aliphatic rings. The summed E-state index contributed by atoms with van der Waals surface area (Å²) in [6, 6.07) is 7.69. The van der Waals surface area contributed by atoms with E-state index in [-0.39, 0.29) is 11.9 Å². The molecule has 0 aliphatic carbocycles. The SMILES string of the molecule is CCC(CC)NC(=O)c1ccc(CN)cc1. The Balaban J connectivity index is 2.65. The van der Waals surface area contributed by atoms with Crippen LogP contribution in [0.3, 0.4) is 0 Å². The molecular formula is C13H20N2O. The predicted octanol–water partition coefficient (Wildman–Crippen LogP) is 2.06. The third-order valence-electron chi connectivity index (χ3n) is 2.77. The fourth-order valence-corrected chi connectivity index (χ4v) is 1.55. The standard InChI is InChI=1S/C13H20N2O/c1-3-12(4-2)15-13(16)11-7-5-10(9-14)6-8-11/h5-8,12H,3-4,9,14H2,1-2H3,(H,15,16). The molecule has 1 rings (SSSR count). The highest BCUT2D eigenvalue weighted by molar-refractivity contribution is 5.94. The van der Waals surface area contributed by atoms with Gasteiger partial charge in [-0.3, -0.25) is 4.79 Å². The summed E-state index contributed by atoms with van der Waals surface area (Å²) in [5, 5.41) is 3.00. The lowest BCUT2D eigenvalue weighted by atomic mass is 10.1. The Kier molecular flexibility index (Phi) is 4.99. The number of hydrogen-bond acceptors (Lipinski definition) is 2. The van der Waals surface area contributed by atoms with E-state index in [1.807, 2.05) is 24.3 Å². The van der Waals surface area contributed by atoms with E-state index < -0.39 is 0 Å². The topological polar surface area (TPSA) is 55.1 Å². The zero-order chi connectivity index (χ0) is 12.0. The molecule has 0 saturated carbocycles. The van der Waals surface area contributed by atoms with Crippen molar-refractivity contribution in [3.63, 3.8) is 0 Å². The first-order valence-corrected chi connectivity index (χ1v) is 5.81. The molecule has 88 valence electrons. The molecule has 1 aromatic rings.